The van der Waals surface area contributed by atoms with E-state index in [9.17, 15) is 30.4 Å². The third-order valence-electron chi connectivity index (χ3n) is 6.51. The molecule has 0 bridgehead atoms. The molecule has 184 valence electrons. The highest BCUT2D eigenvalue weighted by Crippen LogP contribution is 2.52. The molecule has 10 heteroatoms. The minimum Gasteiger partial charge on any atom is -0.595 e. The van der Waals surface area contributed by atoms with E-state index in [4.69, 9.17) is 4.74 Å². The number of hydrogen-bond acceptors (Lipinski definition) is 7. The molecule has 0 aliphatic heterocycles. The van der Waals surface area contributed by atoms with Gasteiger partial charge in [0.05, 0.1) is 24.3 Å². The predicted octanol–water partition coefficient (Wildman–Crippen LogP) is 1.71. The van der Waals surface area contributed by atoms with E-state index in [1.54, 1.807) is 0 Å². The number of fused-ring (bicyclic) bond motifs is 1. The third kappa shape index (κ3) is 5.33. The summed E-state index contributed by atoms with van der Waals surface area (Å²) in [6.45, 7) is 3.71. The molecule has 0 spiro atoms. The van der Waals surface area contributed by atoms with Gasteiger partial charge in [-0.2, -0.15) is 10.5 Å². The van der Waals surface area contributed by atoms with Crippen LogP contribution < -0.4 is 15.8 Å². The highest BCUT2D eigenvalue weighted by atomic mass is 16.8. The molecule has 0 saturated heterocycles. The van der Waals surface area contributed by atoms with Crippen LogP contribution in [0.5, 0.6) is 0 Å². The van der Waals surface area contributed by atoms with Crippen LogP contribution in [0.2, 0.25) is 0 Å². The summed E-state index contributed by atoms with van der Waals surface area (Å²) in [5.41, 5.74) is -0.364. The van der Waals surface area contributed by atoms with Crippen LogP contribution in [0.25, 0.3) is 10.8 Å². The zero-order valence-corrected chi connectivity index (χ0v) is 19.3. The summed E-state index contributed by atoms with van der Waals surface area (Å²) in [5.74, 6) is -1.32. The summed E-state index contributed by atoms with van der Waals surface area (Å²) in [4.78, 5) is 25.4. The van der Waals surface area contributed by atoms with Gasteiger partial charge in [0.1, 0.15) is 0 Å². The SMILES string of the molecule is CC(NC(=O)C1CC1(C)COC(=O)c1cc([NH+]([O-])O)cc([NH+]([O-])O)c1)c1cccc2ccccc12. The molecule has 3 aromatic carbocycles. The van der Waals surface area contributed by atoms with Crippen molar-refractivity contribution in [2.24, 2.45) is 11.3 Å². The van der Waals surface area contributed by atoms with E-state index in [1.807, 2.05) is 56.3 Å². The molecule has 1 aliphatic carbocycles. The molecule has 5 unspecified atom stereocenters. The number of quaternary nitrogens is 2. The maximum Gasteiger partial charge on any atom is 0.338 e. The van der Waals surface area contributed by atoms with Gasteiger partial charge in [-0.25, -0.2) is 15.2 Å². The molecule has 1 fully saturated rings. The molecular formula is C25H27N3O7. The zero-order valence-electron chi connectivity index (χ0n) is 19.3. The fourth-order valence-corrected chi connectivity index (χ4v) is 4.30. The minimum absolute atomic E-state index is 0.0493. The number of carbonyl (C=O) groups excluding carboxylic acids is 2. The standard InChI is InChI=1S/C25H27N3O7/c1-15(20-9-5-7-16-6-3-4-8-21(16)20)26-23(29)22-13-25(22,2)14-35-24(30)17-10-18(27(31)32)12-19(11-17)28(33)34/h3-12,15,22,27-28,31,33H,13-14H2,1-2H3,(H,26,29). The van der Waals surface area contributed by atoms with E-state index in [0.29, 0.717) is 6.42 Å². The van der Waals surface area contributed by atoms with Crippen molar-refractivity contribution in [3.05, 3.63) is 82.2 Å². The van der Waals surface area contributed by atoms with Gasteiger partial charge in [0.15, 0.2) is 11.4 Å². The van der Waals surface area contributed by atoms with Crippen LogP contribution >= 0.6 is 0 Å². The maximum atomic E-state index is 12.9. The molecule has 0 radical (unpaired) electrons. The van der Waals surface area contributed by atoms with Crippen LogP contribution in [0.3, 0.4) is 0 Å². The van der Waals surface area contributed by atoms with Gasteiger partial charge in [0.25, 0.3) is 0 Å². The van der Waals surface area contributed by atoms with E-state index in [0.717, 1.165) is 34.5 Å². The summed E-state index contributed by atoms with van der Waals surface area (Å²) in [7, 11) is 0. The Morgan fingerprint density at radius 2 is 1.71 bits per heavy atom. The fraction of sp³-hybridized carbons (Fsp3) is 0.280. The number of nitrogens with one attached hydrogen (secondary N) is 3. The molecule has 35 heavy (non-hydrogen) atoms. The second-order valence-corrected chi connectivity index (χ2v) is 9.19. The van der Waals surface area contributed by atoms with E-state index in [2.05, 4.69) is 5.32 Å². The Balaban J connectivity index is 1.38. The Morgan fingerprint density at radius 1 is 1.09 bits per heavy atom. The Kier molecular flexibility index (Phi) is 6.86. The lowest BCUT2D eigenvalue weighted by atomic mass is 9.99. The molecule has 1 amide bonds. The summed E-state index contributed by atoms with van der Waals surface area (Å²) < 4.78 is 5.35. The minimum atomic E-state index is -1.35. The molecule has 4 rings (SSSR count). The fourth-order valence-electron chi connectivity index (χ4n) is 4.30. The van der Waals surface area contributed by atoms with Crippen molar-refractivity contribution in [1.82, 2.24) is 5.32 Å². The molecule has 1 saturated carbocycles. The van der Waals surface area contributed by atoms with Crippen molar-refractivity contribution in [3.8, 4) is 0 Å². The average molecular weight is 482 g/mol. The normalized spacial score (nSPS) is 21.7. The zero-order chi connectivity index (χ0) is 25.3. The van der Waals surface area contributed by atoms with Gasteiger partial charge in [0, 0.05) is 23.5 Å². The van der Waals surface area contributed by atoms with Crippen molar-refractivity contribution in [2.45, 2.75) is 26.3 Å². The largest absolute Gasteiger partial charge is 0.595 e. The van der Waals surface area contributed by atoms with Crippen LogP contribution in [-0.2, 0) is 9.53 Å². The van der Waals surface area contributed by atoms with Crippen molar-refractivity contribution in [3.63, 3.8) is 0 Å². The smallest absolute Gasteiger partial charge is 0.338 e. The van der Waals surface area contributed by atoms with E-state index >= 15 is 0 Å². The van der Waals surface area contributed by atoms with Crippen LogP contribution in [-0.4, -0.2) is 28.9 Å². The number of esters is 1. The van der Waals surface area contributed by atoms with Crippen LogP contribution in [0.15, 0.2) is 60.7 Å². The maximum absolute atomic E-state index is 12.9. The van der Waals surface area contributed by atoms with Gasteiger partial charge in [-0.05, 0) is 29.7 Å². The summed E-state index contributed by atoms with van der Waals surface area (Å²) in [6, 6.07) is 16.8. The predicted molar refractivity (Wildman–Crippen MR) is 125 cm³/mol. The van der Waals surface area contributed by atoms with Crippen LogP contribution in [0.1, 0.15) is 42.2 Å². The first kappa shape index (κ1) is 24.7. The lowest BCUT2D eigenvalue weighted by Crippen LogP contribution is -3.00. The Labute approximate surface area is 201 Å². The molecule has 0 aromatic heterocycles. The third-order valence-corrected chi connectivity index (χ3v) is 6.51. The second kappa shape index (κ2) is 9.70. The summed E-state index contributed by atoms with van der Waals surface area (Å²) in [5, 5.41) is 43.4. The van der Waals surface area contributed by atoms with Crippen molar-refractivity contribution < 1.29 is 35.2 Å². The quantitative estimate of drug-likeness (QED) is 0.243. The Hall–Kier alpha value is -3.38. The highest BCUT2D eigenvalue weighted by Gasteiger charge is 2.55. The van der Waals surface area contributed by atoms with E-state index in [-0.39, 0.29) is 41.4 Å². The van der Waals surface area contributed by atoms with Crippen molar-refractivity contribution in [1.29, 1.82) is 0 Å². The van der Waals surface area contributed by atoms with Crippen LogP contribution in [0, 0.1) is 21.7 Å². The van der Waals surface area contributed by atoms with Gasteiger partial charge in [-0.3, -0.25) is 4.79 Å². The first-order valence-corrected chi connectivity index (χ1v) is 11.2. The Morgan fingerprint density at radius 3 is 2.37 bits per heavy atom. The first-order chi connectivity index (χ1) is 16.6. The number of amides is 1. The number of ether oxygens (including phenoxy) is 1. The van der Waals surface area contributed by atoms with Gasteiger partial charge in [-0.1, -0.05) is 49.4 Å². The van der Waals surface area contributed by atoms with Crippen molar-refractivity contribution >= 4 is 34.0 Å². The molecule has 1 aliphatic rings. The monoisotopic (exact) mass is 481 g/mol. The molecule has 10 nitrogen and oxygen atoms in total. The topological polar surface area (TPSA) is 151 Å². The second-order valence-electron chi connectivity index (χ2n) is 9.19. The molecule has 5 atom stereocenters. The van der Waals surface area contributed by atoms with E-state index < -0.39 is 21.8 Å². The molecular weight excluding hydrogens is 454 g/mol. The molecule has 5 N–H and O–H groups in total. The van der Waals surface area contributed by atoms with E-state index in [1.165, 1.54) is 0 Å². The van der Waals surface area contributed by atoms with Crippen molar-refractivity contribution in [2.75, 3.05) is 6.61 Å². The first-order valence-electron chi connectivity index (χ1n) is 11.2. The lowest BCUT2D eigenvalue weighted by Gasteiger charge is -2.19. The van der Waals surface area contributed by atoms with Gasteiger partial charge in [-0.15, -0.1) is 0 Å². The summed E-state index contributed by atoms with van der Waals surface area (Å²) >= 11 is 0. The highest BCUT2D eigenvalue weighted by molar-refractivity contribution is 5.91. The molecule has 3 aromatic rings. The van der Waals surface area contributed by atoms with Gasteiger partial charge < -0.3 is 20.5 Å². The number of rotatable bonds is 8. The number of carbonyl (C=O) groups is 2. The lowest BCUT2D eigenvalue weighted by molar-refractivity contribution is -0.996. The number of benzene rings is 3. The summed E-state index contributed by atoms with van der Waals surface area (Å²) in [6.07, 6.45) is 0.532. The Bertz CT molecular complexity index is 1230. The number of hydrogen-bond donors (Lipinski definition) is 5. The van der Waals surface area contributed by atoms with Crippen LogP contribution in [0.4, 0.5) is 11.4 Å². The van der Waals surface area contributed by atoms with Gasteiger partial charge in [0.2, 0.25) is 5.91 Å². The average Bonchev–Trinajstić information content (AvgIpc) is 3.53. The van der Waals surface area contributed by atoms with Gasteiger partial charge >= 0.3 is 5.97 Å². The molecule has 0 heterocycles.